The number of anilines is 1. The molecule has 3 N–H and O–H groups in total. The van der Waals surface area contributed by atoms with Gasteiger partial charge in [0.05, 0.1) is 28.8 Å². The maximum atomic E-state index is 14.6. The average molecular weight is 506 g/mol. The molecular weight excluding hydrogens is 481 g/mol. The number of benzene rings is 1. The van der Waals surface area contributed by atoms with Crippen molar-refractivity contribution in [2.75, 3.05) is 5.32 Å². The van der Waals surface area contributed by atoms with E-state index in [4.69, 9.17) is 4.98 Å². The highest BCUT2D eigenvalue weighted by atomic mass is 19.1. The van der Waals surface area contributed by atoms with Crippen LogP contribution < -0.4 is 5.32 Å². The number of nitrogens with zero attached hydrogens (tertiary/aromatic N) is 4. The molecule has 0 fully saturated rings. The van der Waals surface area contributed by atoms with Crippen LogP contribution in [0.5, 0.6) is 0 Å². The number of carbonyl (C=O) groups is 1. The summed E-state index contributed by atoms with van der Waals surface area (Å²) in [6.45, 7) is 4.00. The van der Waals surface area contributed by atoms with E-state index in [-0.39, 0.29) is 17.6 Å². The molecule has 0 unspecified atom stereocenters. The number of pyridine rings is 3. The van der Waals surface area contributed by atoms with Crippen LogP contribution in [0.3, 0.4) is 0 Å². The second-order valence-corrected chi connectivity index (χ2v) is 9.56. The quantitative estimate of drug-likeness (QED) is 0.244. The standard InChI is InChI=1S/C29H24FN7O/c1-16(2)11-26(38)33-18-12-17(14-31-15-18)23-7-8-24-27(34-23)28(37-36-24)25-13-21-19(9-10-32-29(21)35-25)20-5-3-4-6-22(20)30/h3-10,12-16H,11H2,1-2H3,(H,32,35)(H,33,38)(H,36,37). The molecule has 5 aromatic heterocycles. The number of amides is 1. The highest BCUT2D eigenvalue weighted by Crippen LogP contribution is 2.34. The Balaban J connectivity index is 1.39. The van der Waals surface area contributed by atoms with Gasteiger partial charge in [-0.25, -0.2) is 14.4 Å². The first-order valence-corrected chi connectivity index (χ1v) is 12.3. The number of H-pyrrole nitrogens is 2. The normalized spacial score (nSPS) is 11.5. The van der Waals surface area contributed by atoms with Crippen molar-refractivity contribution in [2.24, 2.45) is 5.92 Å². The van der Waals surface area contributed by atoms with Crippen molar-refractivity contribution in [3.63, 3.8) is 0 Å². The van der Waals surface area contributed by atoms with Crippen molar-refractivity contribution in [3.8, 4) is 33.8 Å². The molecule has 5 heterocycles. The van der Waals surface area contributed by atoms with E-state index < -0.39 is 0 Å². The number of nitrogens with one attached hydrogen (secondary N) is 3. The summed E-state index contributed by atoms with van der Waals surface area (Å²) in [5.41, 5.74) is 6.70. The molecule has 0 bridgehead atoms. The minimum atomic E-state index is -0.296. The molecule has 1 amide bonds. The predicted octanol–water partition coefficient (Wildman–Crippen LogP) is 6.35. The van der Waals surface area contributed by atoms with Gasteiger partial charge in [-0.05, 0) is 47.9 Å². The van der Waals surface area contributed by atoms with E-state index in [1.54, 1.807) is 36.8 Å². The lowest BCUT2D eigenvalue weighted by Crippen LogP contribution is -2.13. The van der Waals surface area contributed by atoms with Crippen LogP contribution >= 0.6 is 0 Å². The van der Waals surface area contributed by atoms with Gasteiger partial charge in [0, 0.05) is 35.3 Å². The summed E-state index contributed by atoms with van der Waals surface area (Å²) >= 11 is 0. The van der Waals surface area contributed by atoms with E-state index in [9.17, 15) is 9.18 Å². The molecule has 0 atom stereocenters. The Kier molecular flexibility index (Phi) is 5.88. The molecule has 188 valence electrons. The fourth-order valence-electron chi connectivity index (χ4n) is 4.55. The Hall–Kier alpha value is -4.92. The molecule has 0 aliphatic carbocycles. The van der Waals surface area contributed by atoms with Crippen LogP contribution in [0, 0.1) is 11.7 Å². The lowest BCUT2D eigenvalue weighted by atomic mass is 10.0. The third-order valence-corrected chi connectivity index (χ3v) is 6.27. The molecule has 6 aromatic rings. The summed E-state index contributed by atoms with van der Waals surface area (Å²) < 4.78 is 14.6. The first-order valence-electron chi connectivity index (χ1n) is 12.3. The lowest BCUT2D eigenvalue weighted by Gasteiger charge is -2.08. The van der Waals surface area contributed by atoms with Crippen molar-refractivity contribution >= 4 is 33.7 Å². The Morgan fingerprint density at radius 1 is 1.05 bits per heavy atom. The Morgan fingerprint density at radius 3 is 2.76 bits per heavy atom. The van der Waals surface area contributed by atoms with E-state index in [2.05, 4.69) is 30.5 Å². The number of aromatic amines is 2. The summed E-state index contributed by atoms with van der Waals surface area (Å²) in [4.78, 5) is 29.1. The Labute approximate surface area is 217 Å². The van der Waals surface area contributed by atoms with Crippen molar-refractivity contribution < 1.29 is 9.18 Å². The predicted molar refractivity (Wildman–Crippen MR) is 146 cm³/mol. The zero-order chi connectivity index (χ0) is 26.2. The van der Waals surface area contributed by atoms with Gasteiger partial charge in [-0.3, -0.25) is 14.9 Å². The number of fused-ring (bicyclic) bond motifs is 2. The topological polar surface area (TPSA) is 112 Å². The van der Waals surface area contributed by atoms with E-state index in [1.165, 1.54) is 6.07 Å². The van der Waals surface area contributed by atoms with E-state index in [0.29, 0.717) is 45.9 Å². The number of hydrogen-bond donors (Lipinski definition) is 3. The number of rotatable bonds is 6. The first kappa shape index (κ1) is 23.5. The zero-order valence-electron chi connectivity index (χ0n) is 20.8. The third-order valence-electron chi connectivity index (χ3n) is 6.27. The van der Waals surface area contributed by atoms with E-state index in [0.717, 1.165) is 22.0 Å². The number of hydrogen-bond acceptors (Lipinski definition) is 5. The Bertz CT molecular complexity index is 1800. The maximum Gasteiger partial charge on any atom is 0.224 e. The molecule has 6 rings (SSSR count). The summed E-state index contributed by atoms with van der Waals surface area (Å²) in [5.74, 6) is -0.0884. The third kappa shape index (κ3) is 4.39. The zero-order valence-corrected chi connectivity index (χ0v) is 20.8. The van der Waals surface area contributed by atoms with Gasteiger partial charge in [-0.15, -0.1) is 0 Å². The molecule has 0 aliphatic rings. The van der Waals surface area contributed by atoms with Crippen LogP contribution in [0.2, 0.25) is 0 Å². The van der Waals surface area contributed by atoms with Crippen molar-refractivity contribution in [2.45, 2.75) is 20.3 Å². The molecule has 0 saturated heterocycles. The van der Waals surface area contributed by atoms with Crippen molar-refractivity contribution in [1.82, 2.24) is 30.1 Å². The molecule has 8 nitrogen and oxygen atoms in total. The van der Waals surface area contributed by atoms with Gasteiger partial charge in [-0.2, -0.15) is 5.10 Å². The molecule has 0 radical (unpaired) electrons. The number of carbonyl (C=O) groups excluding carboxylic acids is 1. The molecule has 38 heavy (non-hydrogen) atoms. The van der Waals surface area contributed by atoms with Crippen molar-refractivity contribution in [1.29, 1.82) is 0 Å². The van der Waals surface area contributed by atoms with Gasteiger partial charge < -0.3 is 10.3 Å². The minimum Gasteiger partial charge on any atom is -0.338 e. The largest absolute Gasteiger partial charge is 0.338 e. The van der Waals surface area contributed by atoms with Crippen molar-refractivity contribution in [3.05, 3.63) is 79.0 Å². The van der Waals surface area contributed by atoms with E-state index in [1.807, 2.05) is 44.2 Å². The van der Waals surface area contributed by atoms with Crippen LogP contribution in [0.1, 0.15) is 20.3 Å². The smallest absolute Gasteiger partial charge is 0.224 e. The summed E-state index contributed by atoms with van der Waals surface area (Å²) in [5, 5.41) is 11.2. The molecule has 1 aromatic carbocycles. The van der Waals surface area contributed by atoms with Gasteiger partial charge in [-0.1, -0.05) is 32.0 Å². The fourth-order valence-corrected chi connectivity index (χ4v) is 4.55. The SMILES string of the molecule is CC(C)CC(=O)Nc1cncc(-c2ccc3[nH]nc(-c4cc5c(-c6ccccc6F)ccnc5[nH]4)c3n2)c1. The van der Waals surface area contributed by atoms with E-state index >= 15 is 0 Å². The highest BCUT2D eigenvalue weighted by Gasteiger charge is 2.17. The summed E-state index contributed by atoms with van der Waals surface area (Å²) in [7, 11) is 0. The monoisotopic (exact) mass is 505 g/mol. The average Bonchev–Trinajstić information content (AvgIpc) is 3.52. The van der Waals surface area contributed by atoms with Crippen LogP contribution in [0.25, 0.3) is 55.8 Å². The van der Waals surface area contributed by atoms with Gasteiger partial charge in [0.15, 0.2) is 0 Å². The number of halogens is 1. The Morgan fingerprint density at radius 2 is 1.92 bits per heavy atom. The van der Waals surface area contributed by atoms with Crippen LogP contribution in [-0.4, -0.2) is 36.0 Å². The molecule has 0 saturated carbocycles. The molecule has 0 spiro atoms. The second-order valence-electron chi connectivity index (χ2n) is 9.56. The van der Waals surface area contributed by atoms with Crippen LogP contribution in [-0.2, 0) is 4.79 Å². The fraction of sp³-hybridized carbons (Fsp3) is 0.138. The summed E-state index contributed by atoms with van der Waals surface area (Å²) in [6.07, 6.45) is 5.42. The van der Waals surface area contributed by atoms with Gasteiger partial charge in [0.1, 0.15) is 22.7 Å². The second kappa shape index (κ2) is 9.51. The van der Waals surface area contributed by atoms with Gasteiger partial charge in [0.25, 0.3) is 0 Å². The molecule has 0 aliphatic heterocycles. The maximum absolute atomic E-state index is 14.6. The lowest BCUT2D eigenvalue weighted by molar-refractivity contribution is -0.116. The van der Waals surface area contributed by atoms with Crippen LogP contribution in [0.4, 0.5) is 10.1 Å². The molecular formula is C29H24FN7O. The first-order chi connectivity index (χ1) is 18.5. The minimum absolute atomic E-state index is 0.0540. The summed E-state index contributed by atoms with van der Waals surface area (Å²) in [6, 6.07) is 16.0. The molecule has 9 heteroatoms. The number of aromatic nitrogens is 6. The van der Waals surface area contributed by atoms with Crippen LogP contribution in [0.15, 0.2) is 73.2 Å². The van der Waals surface area contributed by atoms with Gasteiger partial charge >= 0.3 is 0 Å². The highest BCUT2D eigenvalue weighted by molar-refractivity contribution is 5.99. The van der Waals surface area contributed by atoms with Gasteiger partial charge in [0.2, 0.25) is 5.91 Å².